The largest absolute Gasteiger partial charge is 0.328 e. The van der Waals surface area contributed by atoms with Crippen molar-refractivity contribution in [3.8, 4) is 0 Å². The van der Waals surface area contributed by atoms with Crippen molar-refractivity contribution in [3.63, 3.8) is 0 Å². The first kappa shape index (κ1) is 12.9. The van der Waals surface area contributed by atoms with E-state index in [2.05, 4.69) is 30.9 Å². The second-order valence-electron chi connectivity index (χ2n) is 5.10. The Balaban J connectivity index is 2.09. The summed E-state index contributed by atoms with van der Waals surface area (Å²) in [5.41, 5.74) is 7.33. The topological polar surface area (TPSA) is 29.3 Å². The number of piperidine rings is 1. The average Bonchev–Trinajstić information content (AvgIpc) is 2.29. The highest BCUT2D eigenvalue weighted by Gasteiger charge is 2.27. The lowest BCUT2D eigenvalue weighted by molar-refractivity contribution is 0.104. The lowest BCUT2D eigenvalue weighted by Gasteiger charge is -2.40. The highest BCUT2D eigenvalue weighted by molar-refractivity contribution is 6.30. The number of nitrogens with two attached hydrogens (primary N) is 1. The highest BCUT2D eigenvalue weighted by Crippen LogP contribution is 2.28. The fraction of sp³-hybridized carbons (Fsp3) is 0.571. The molecule has 94 valence electrons. The van der Waals surface area contributed by atoms with Gasteiger partial charge < -0.3 is 5.73 Å². The van der Waals surface area contributed by atoms with Crippen molar-refractivity contribution in [1.82, 2.24) is 4.90 Å². The molecule has 2 N–H and O–H groups in total. The molecule has 17 heavy (non-hydrogen) atoms. The van der Waals surface area contributed by atoms with Crippen LogP contribution in [-0.2, 0) is 0 Å². The van der Waals surface area contributed by atoms with Gasteiger partial charge in [-0.2, -0.15) is 0 Å². The van der Waals surface area contributed by atoms with Gasteiger partial charge in [0.05, 0.1) is 0 Å². The van der Waals surface area contributed by atoms with Crippen molar-refractivity contribution in [2.45, 2.75) is 44.8 Å². The molecule has 3 unspecified atom stereocenters. The van der Waals surface area contributed by atoms with E-state index in [0.717, 1.165) is 24.4 Å². The Hall–Kier alpha value is -0.570. The Morgan fingerprint density at radius 3 is 2.59 bits per heavy atom. The van der Waals surface area contributed by atoms with Gasteiger partial charge in [0, 0.05) is 29.7 Å². The van der Waals surface area contributed by atoms with E-state index < -0.39 is 0 Å². The lowest BCUT2D eigenvalue weighted by atomic mass is 9.95. The van der Waals surface area contributed by atoms with Gasteiger partial charge in [-0.25, -0.2) is 0 Å². The summed E-state index contributed by atoms with van der Waals surface area (Å²) in [5.74, 6) is 0. The normalized spacial score (nSPS) is 28.0. The minimum Gasteiger partial charge on any atom is -0.328 e. The summed E-state index contributed by atoms with van der Waals surface area (Å²) in [6.45, 7) is 5.62. The van der Waals surface area contributed by atoms with Gasteiger partial charge in [0.2, 0.25) is 0 Å². The quantitative estimate of drug-likeness (QED) is 0.876. The summed E-state index contributed by atoms with van der Waals surface area (Å²) < 4.78 is 0. The van der Waals surface area contributed by atoms with Crippen molar-refractivity contribution in [1.29, 1.82) is 0 Å². The number of benzene rings is 1. The molecule has 0 bridgehead atoms. The van der Waals surface area contributed by atoms with Gasteiger partial charge in [-0.05, 0) is 44.4 Å². The van der Waals surface area contributed by atoms with Crippen molar-refractivity contribution in [3.05, 3.63) is 34.9 Å². The van der Waals surface area contributed by atoms with E-state index in [1.807, 2.05) is 12.1 Å². The smallest absolute Gasteiger partial charge is 0.0406 e. The standard InChI is InChI=1S/C14H21ClN2/c1-10-9-14(16)7-8-17(10)11(2)12-3-5-13(15)6-4-12/h3-6,10-11,14H,7-9,16H2,1-2H3. The van der Waals surface area contributed by atoms with Gasteiger partial charge in [0.1, 0.15) is 0 Å². The fourth-order valence-electron chi connectivity index (χ4n) is 2.73. The summed E-state index contributed by atoms with van der Waals surface area (Å²) in [5, 5.41) is 0.801. The molecule has 3 heteroatoms. The van der Waals surface area contributed by atoms with Gasteiger partial charge in [0.15, 0.2) is 0 Å². The molecular weight excluding hydrogens is 232 g/mol. The van der Waals surface area contributed by atoms with Crippen molar-refractivity contribution in [2.75, 3.05) is 6.54 Å². The first-order chi connectivity index (χ1) is 8.08. The number of halogens is 1. The third-order valence-electron chi connectivity index (χ3n) is 3.82. The third-order valence-corrected chi connectivity index (χ3v) is 4.07. The van der Waals surface area contributed by atoms with Crippen LogP contribution in [0.1, 0.15) is 38.3 Å². The van der Waals surface area contributed by atoms with E-state index in [1.165, 1.54) is 5.56 Å². The van der Waals surface area contributed by atoms with Crippen LogP contribution in [0.5, 0.6) is 0 Å². The molecule has 1 saturated heterocycles. The van der Waals surface area contributed by atoms with Crippen LogP contribution in [0.3, 0.4) is 0 Å². The van der Waals surface area contributed by atoms with Crippen LogP contribution < -0.4 is 5.73 Å². The molecule has 1 aromatic carbocycles. The Bertz CT molecular complexity index is 363. The molecule has 0 amide bonds. The minimum absolute atomic E-state index is 0.374. The van der Waals surface area contributed by atoms with Crippen LogP contribution in [0.4, 0.5) is 0 Å². The molecule has 2 rings (SSSR count). The first-order valence-corrected chi connectivity index (χ1v) is 6.72. The Morgan fingerprint density at radius 1 is 1.35 bits per heavy atom. The predicted octanol–water partition coefficient (Wildman–Crippen LogP) is 3.21. The molecule has 0 radical (unpaired) electrons. The van der Waals surface area contributed by atoms with Gasteiger partial charge in [0.25, 0.3) is 0 Å². The van der Waals surface area contributed by atoms with Gasteiger partial charge in [-0.1, -0.05) is 23.7 Å². The van der Waals surface area contributed by atoms with Crippen LogP contribution in [0, 0.1) is 0 Å². The molecule has 1 aliphatic heterocycles. The summed E-state index contributed by atoms with van der Waals surface area (Å²) in [6.07, 6.45) is 2.19. The molecule has 2 nitrogen and oxygen atoms in total. The van der Waals surface area contributed by atoms with E-state index in [0.29, 0.717) is 18.1 Å². The zero-order valence-electron chi connectivity index (χ0n) is 10.6. The highest BCUT2D eigenvalue weighted by atomic mass is 35.5. The van der Waals surface area contributed by atoms with Crippen LogP contribution in [0.2, 0.25) is 5.02 Å². The van der Waals surface area contributed by atoms with Crippen LogP contribution in [0.15, 0.2) is 24.3 Å². The molecule has 1 aromatic rings. The number of nitrogens with zero attached hydrogens (tertiary/aromatic N) is 1. The third kappa shape index (κ3) is 3.01. The molecule has 0 aromatic heterocycles. The number of rotatable bonds is 2. The summed E-state index contributed by atoms with van der Waals surface area (Å²) in [6, 6.07) is 9.54. The van der Waals surface area contributed by atoms with E-state index in [4.69, 9.17) is 17.3 Å². The van der Waals surface area contributed by atoms with E-state index in [9.17, 15) is 0 Å². The Morgan fingerprint density at radius 2 is 2.00 bits per heavy atom. The van der Waals surface area contributed by atoms with Crippen molar-refractivity contribution >= 4 is 11.6 Å². The number of hydrogen-bond acceptors (Lipinski definition) is 2. The molecule has 1 heterocycles. The molecule has 0 saturated carbocycles. The summed E-state index contributed by atoms with van der Waals surface area (Å²) in [4.78, 5) is 2.53. The monoisotopic (exact) mass is 252 g/mol. The van der Waals surface area contributed by atoms with Gasteiger partial charge in [-0.3, -0.25) is 4.90 Å². The number of likely N-dealkylation sites (tertiary alicyclic amines) is 1. The molecular formula is C14H21ClN2. The second kappa shape index (κ2) is 5.38. The summed E-state index contributed by atoms with van der Waals surface area (Å²) >= 11 is 5.92. The maximum absolute atomic E-state index is 6.00. The SMILES string of the molecule is CC1CC(N)CCN1C(C)c1ccc(Cl)cc1. The molecule has 0 spiro atoms. The van der Waals surface area contributed by atoms with Gasteiger partial charge >= 0.3 is 0 Å². The predicted molar refractivity (Wildman–Crippen MR) is 73.2 cm³/mol. The van der Waals surface area contributed by atoms with E-state index >= 15 is 0 Å². The van der Waals surface area contributed by atoms with Crippen molar-refractivity contribution < 1.29 is 0 Å². The van der Waals surface area contributed by atoms with E-state index in [1.54, 1.807) is 0 Å². The molecule has 1 aliphatic rings. The molecule has 1 fully saturated rings. The maximum atomic E-state index is 6.00. The molecule has 0 aliphatic carbocycles. The van der Waals surface area contributed by atoms with E-state index in [-0.39, 0.29) is 0 Å². The summed E-state index contributed by atoms with van der Waals surface area (Å²) in [7, 11) is 0. The zero-order valence-corrected chi connectivity index (χ0v) is 11.3. The zero-order chi connectivity index (χ0) is 12.4. The Labute approximate surface area is 109 Å². The van der Waals surface area contributed by atoms with Crippen molar-refractivity contribution in [2.24, 2.45) is 5.73 Å². The van der Waals surface area contributed by atoms with Crippen LogP contribution in [-0.4, -0.2) is 23.5 Å². The van der Waals surface area contributed by atoms with Gasteiger partial charge in [-0.15, -0.1) is 0 Å². The first-order valence-electron chi connectivity index (χ1n) is 6.34. The second-order valence-corrected chi connectivity index (χ2v) is 5.54. The van der Waals surface area contributed by atoms with Crippen LogP contribution >= 0.6 is 11.6 Å². The lowest BCUT2D eigenvalue weighted by Crippen LogP contribution is -2.46. The van der Waals surface area contributed by atoms with Crippen LogP contribution in [0.25, 0.3) is 0 Å². The fourth-order valence-corrected chi connectivity index (χ4v) is 2.86. The Kier molecular flexibility index (Phi) is 4.08. The average molecular weight is 253 g/mol. The minimum atomic E-state index is 0.374. The number of hydrogen-bond donors (Lipinski definition) is 1. The molecule has 3 atom stereocenters. The maximum Gasteiger partial charge on any atom is 0.0406 e.